The number of likely N-dealkylation sites (tertiary alicyclic amines) is 1. The van der Waals surface area contributed by atoms with Crippen LogP contribution < -0.4 is 5.32 Å². The number of nitrogens with zero attached hydrogens (tertiary/aromatic N) is 2. The molecule has 138 valence electrons. The highest BCUT2D eigenvalue weighted by Gasteiger charge is 2.46. The fourth-order valence-corrected chi connectivity index (χ4v) is 4.68. The number of amides is 1. The van der Waals surface area contributed by atoms with Crippen LogP contribution in [0.3, 0.4) is 0 Å². The van der Waals surface area contributed by atoms with Crippen molar-refractivity contribution < 1.29 is 4.79 Å². The van der Waals surface area contributed by atoms with Gasteiger partial charge < -0.3 is 10.2 Å². The number of piperidine rings is 1. The van der Waals surface area contributed by atoms with Gasteiger partial charge in [0.15, 0.2) is 0 Å². The number of hydrogen-bond donors (Lipinski definition) is 1. The molecule has 0 bridgehead atoms. The van der Waals surface area contributed by atoms with Crippen molar-refractivity contribution in [3.63, 3.8) is 0 Å². The van der Waals surface area contributed by atoms with Crippen LogP contribution in [0.5, 0.6) is 0 Å². The molecule has 0 unspecified atom stereocenters. The molecule has 1 aromatic carbocycles. The molecule has 2 aliphatic heterocycles. The van der Waals surface area contributed by atoms with E-state index in [1.165, 1.54) is 12.8 Å². The first kappa shape index (κ1) is 18.7. The molecular weight excluding hydrogens is 334 g/mol. The van der Waals surface area contributed by atoms with Gasteiger partial charge in [-0.3, -0.25) is 9.69 Å². The lowest BCUT2D eigenvalue weighted by molar-refractivity contribution is -0.136. The van der Waals surface area contributed by atoms with Gasteiger partial charge in [-0.2, -0.15) is 0 Å². The smallest absolute Gasteiger partial charge is 0.240 e. The molecule has 1 N–H and O–H groups in total. The third-order valence-electron chi connectivity index (χ3n) is 5.76. The van der Waals surface area contributed by atoms with E-state index < -0.39 is 0 Å². The molecule has 3 rings (SSSR count). The van der Waals surface area contributed by atoms with Crippen LogP contribution in [0.1, 0.15) is 38.2 Å². The molecule has 1 amide bonds. The van der Waals surface area contributed by atoms with E-state index in [1.807, 2.05) is 23.1 Å². The van der Waals surface area contributed by atoms with Gasteiger partial charge in [0, 0.05) is 24.7 Å². The minimum atomic E-state index is 0.0174. The lowest BCUT2D eigenvalue weighted by Gasteiger charge is -2.33. The maximum absolute atomic E-state index is 13.3. The summed E-state index contributed by atoms with van der Waals surface area (Å²) < 4.78 is 0. The predicted octanol–water partition coefficient (Wildman–Crippen LogP) is 3.15. The Kier molecular flexibility index (Phi) is 6.03. The van der Waals surface area contributed by atoms with Crippen LogP contribution >= 0.6 is 11.6 Å². The van der Waals surface area contributed by atoms with Crippen molar-refractivity contribution in [2.75, 3.05) is 33.2 Å². The second-order valence-electron chi connectivity index (χ2n) is 7.77. The summed E-state index contributed by atoms with van der Waals surface area (Å²) in [5, 5.41) is 4.18. The van der Waals surface area contributed by atoms with E-state index in [4.69, 9.17) is 11.6 Å². The van der Waals surface area contributed by atoms with Crippen LogP contribution in [0.4, 0.5) is 0 Å². The fraction of sp³-hybridized carbons (Fsp3) is 0.650. The minimum absolute atomic E-state index is 0.0174. The minimum Gasteiger partial charge on any atom is -0.337 e. The first-order valence-electron chi connectivity index (χ1n) is 9.47. The van der Waals surface area contributed by atoms with Crippen LogP contribution in [-0.4, -0.2) is 55.0 Å². The predicted molar refractivity (Wildman–Crippen MR) is 103 cm³/mol. The standard InChI is InChI=1S/C20H30ClN3O/c1-3-11-24(14-16-5-4-6-17(21)12-16)19(25)18-13-20(15-23(18)2)7-9-22-10-8-20/h4-6,12,18,22H,3,7-11,13-15H2,1-2H3/t18-/m1/s1. The van der Waals surface area contributed by atoms with Crippen molar-refractivity contribution in [2.24, 2.45) is 5.41 Å². The SMILES string of the molecule is CCCN(Cc1cccc(Cl)c1)C(=O)[C@H]1CC2(CCNCC2)CN1C. The van der Waals surface area contributed by atoms with Crippen LogP contribution in [0, 0.1) is 5.41 Å². The Balaban J connectivity index is 1.71. The summed E-state index contributed by atoms with van der Waals surface area (Å²) in [6.07, 6.45) is 4.34. The molecule has 2 saturated heterocycles. The first-order chi connectivity index (χ1) is 12.0. The highest BCUT2D eigenvalue weighted by molar-refractivity contribution is 6.30. The fourth-order valence-electron chi connectivity index (χ4n) is 4.47. The number of carbonyl (C=O) groups excluding carboxylic acids is 1. The van der Waals surface area contributed by atoms with Crippen LogP contribution in [0.15, 0.2) is 24.3 Å². The van der Waals surface area contributed by atoms with Crippen LogP contribution in [-0.2, 0) is 11.3 Å². The van der Waals surface area contributed by atoms with Crippen LogP contribution in [0.25, 0.3) is 0 Å². The quantitative estimate of drug-likeness (QED) is 0.872. The molecule has 1 spiro atoms. The normalized spacial score (nSPS) is 23.1. The second kappa shape index (κ2) is 8.07. The summed E-state index contributed by atoms with van der Waals surface area (Å²) in [5.41, 5.74) is 1.43. The molecule has 2 fully saturated rings. The van der Waals surface area contributed by atoms with E-state index in [2.05, 4.69) is 30.3 Å². The summed E-state index contributed by atoms with van der Waals surface area (Å²) in [6.45, 7) is 6.77. The number of carbonyl (C=O) groups is 1. The van der Waals surface area contributed by atoms with E-state index in [1.54, 1.807) is 0 Å². The summed E-state index contributed by atoms with van der Waals surface area (Å²) in [4.78, 5) is 17.6. The van der Waals surface area contributed by atoms with E-state index in [9.17, 15) is 4.79 Å². The molecular formula is C20H30ClN3O. The molecule has 0 aliphatic carbocycles. The van der Waals surface area contributed by atoms with Crippen molar-refractivity contribution >= 4 is 17.5 Å². The van der Waals surface area contributed by atoms with Gasteiger partial charge in [-0.15, -0.1) is 0 Å². The summed E-state index contributed by atoms with van der Waals surface area (Å²) in [6, 6.07) is 7.86. The van der Waals surface area contributed by atoms with E-state index >= 15 is 0 Å². The molecule has 0 saturated carbocycles. The number of benzene rings is 1. The Labute approximate surface area is 156 Å². The van der Waals surface area contributed by atoms with Gasteiger partial charge in [0.2, 0.25) is 5.91 Å². The van der Waals surface area contributed by atoms with E-state index in [-0.39, 0.29) is 11.9 Å². The van der Waals surface area contributed by atoms with Gasteiger partial charge in [0.05, 0.1) is 6.04 Å². The van der Waals surface area contributed by atoms with E-state index in [0.717, 1.165) is 49.6 Å². The maximum Gasteiger partial charge on any atom is 0.240 e. The lowest BCUT2D eigenvalue weighted by atomic mass is 9.77. The third-order valence-corrected chi connectivity index (χ3v) is 6.00. The molecule has 0 radical (unpaired) electrons. The molecule has 1 atom stereocenters. The van der Waals surface area contributed by atoms with Crippen molar-refractivity contribution in [1.29, 1.82) is 0 Å². The second-order valence-corrected chi connectivity index (χ2v) is 8.21. The van der Waals surface area contributed by atoms with E-state index in [0.29, 0.717) is 12.0 Å². The third kappa shape index (κ3) is 4.36. The van der Waals surface area contributed by atoms with Gasteiger partial charge in [0.1, 0.15) is 0 Å². The highest BCUT2D eigenvalue weighted by atomic mass is 35.5. The topological polar surface area (TPSA) is 35.6 Å². The molecule has 4 nitrogen and oxygen atoms in total. The molecule has 2 aliphatic rings. The Bertz CT molecular complexity index is 600. The van der Waals surface area contributed by atoms with Gasteiger partial charge in [-0.1, -0.05) is 30.7 Å². The van der Waals surface area contributed by atoms with Crippen LogP contribution in [0.2, 0.25) is 5.02 Å². The lowest BCUT2D eigenvalue weighted by Crippen LogP contribution is -2.44. The zero-order chi connectivity index (χ0) is 17.9. The molecule has 0 aromatic heterocycles. The summed E-state index contributed by atoms with van der Waals surface area (Å²) in [7, 11) is 2.11. The maximum atomic E-state index is 13.3. The average molecular weight is 364 g/mol. The van der Waals surface area contributed by atoms with Gasteiger partial charge in [-0.05, 0) is 68.9 Å². The highest BCUT2D eigenvalue weighted by Crippen LogP contribution is 2.41. The van der Waals surface area contributed by atoms with Crippen molar-refractivity contribution in [3.05, 3.63) is 34.9 Å². The van der Waals surface area contributed by atoms with Gasteiger partial charge >= 0.3 is 0 Å². The molecule has 5 heteroatoms. The Morgan fingerprint density at radius 3 is 2.84 bits per heavy atom. The van der Waals surface area contributed by atoms with Gasteiger partial charge in [-0.25, -0.2) is 0 Å². The van der Waals surface area contributed by atoms with Gasteiger partial charge in [0.25, 0.3) is 0 Å². The first-order valence-corrected chi connectivity index (χ1v) is 9.85. The number of rotatable bonds is 5. The summed E-state index contributed by atoms with van der Waals surface area (Å²) in [5.74, 6) is 0.278. The largest absolute Gasteiger partial charge is 0.337 e. The summed E-state index contributed by atoms with van der Waals surface area (Å²) >= 11 is 6.12. The molecule has 1 aromatic rings. The molecule has 2 heterocycles. The number of hydrogen-bond acceptors (Lipinski definition) is 3. The van der Waals surface area contributed by atoms with Crippen molar-refractivity contribution in [1.82, 2.24) is 15.1 Å². The van der Waals surface area contributed by atoms with Crippen molar-refractivity contribution in [3.8, 4) is 0 Å². The van der Waals surface area contributed by atoms with Crippen molar-refractivity contribution in [2.45, 2.75) is 45.2 Å². The Hall–Kier alpha value is -1.10. The zero-order valence-electron chi connectivity index (χ0n) is 15.4. The monoisotopic (exact) mass is 363 g/mol. The Morgan fingerprint density at radius 1 is 1.40 bits per heavy atom. The Morgan fingerprint density at radius 2 is 2.16 bits per heavy atom. The average Bonchev–Trinajstić information content (AvgIpc) is 2.90. The zero-order valence-corrected chi connectivity index (χ0v) is 16.2. The number of halogens is 1. The number of likely N-dealkylation sites (N-methyl/N-ethyl adjacent to an activating group) is 1. The number of nitrogens with one attached hydrogen (secondary N) is 1. The molecule has 25 heavy (non-hydrogen) atoms.